The Labute approximate surface area is 504 Å². The largest absolute Gasteiger partial charge is 0.394 e. The van der Waals surface area contributed by atoms with Gasteiger partial charge in [-0.25, -0.2) is 0 Å². The molecule has 14 heteroatoms. The average molecular weight is 1170 g/mol. The van der Waals surface area contributed by atoms with Crippen LogP contribution < -0.4 is 5.32 Å². The average Bonchev–Trinajstić information content (AvgIpc) is 3.59. The van der Waals surface area contributed by atoms with Crippen molar-refractivity contribution in [3.63, 3.8) is 0 Å². The van der Waals surface area contributed by atoms with Crippen molar-refractivity contribution in [1.82, 2.24) is 5.32 Å². The Morgan fingerprint density at radius 1 is 0.440 bits per heavy atom. The highest BCUT2D eigenvalue weighted by atomic mass is 16.7. The van der Waals surface area contributed by atoms with Gasteiger partial charge in [-0.1, -0.05) is 203 Å². The smallest absolute Gasteiger partial charge is 0.220 e. The first-order valence-corrected chi connectivity index (χ1v) is 31.0. The zero-order valence-corrected chi connectivity index (χ0v) is 50.5. The van der Waals surface area contributed by atoms with Crippen LogP contribution in [0.2, 0.25) is 0 Å². The molecule has 1 amide bonds. The lowest BCUT2D eigenvalue weighted by Gasteiger charge is -2.46. The number of hydrogen-bond donors (Lipinski definition) is 9. The van der Waals surface area contributed by atoms with Gasteiger partial charge in [0.1, 0.15) is 48.8 Å². The minimum Gasteiger partial charge on any atom is -0.394 e. The number of amides is 1. The minimum absolute atomic E-state index is 0.201. The monoisotopic (exact) mass is 1170 g/mol. The van der Waals surface area contributed by atoms with Crippen LogP contribution in [-0.4, -0.2) is 140 Å². The fourth-order valence-electron chi connectivity index (χ4n) is 8.60. The summed E-state index contributed by atoms with van der Waals surface area (Å²) in [5, 5.41) is 86.8. The molecular formula is C70H107NO13. The highest BCUT2D eigenvalue weighted by Gasteiger charge is 2.51. The normalized spacial score (nSPS) is 25.0. The van der Waals surface area contributed by atoms with Gasteiger partial charge in [-0.15, -0.1) is 0 Å². The zero-order valence-electron chi connectivity index (χ0n) is 50.5. The van der Waals surface area contributed by atoms with E-state index in [0.717, 1.165) is 122 Å². The summed E-state index contributed by atoms with van der Waals surface area (Å²) >= 11 is 0. The maximum absolute atomic E-state index is 13.2. The molecule has 2 aliphatic rings. The number of ether oxygens (including phenoxy) is 4. The number of unbranched alkanes of at least 4 members (excludes halogenated alkanes) is 5. The van der Waals surface area contributed by atoms with Crippen molar-refractivity contribution in [3.8, 4) is 0 Å². The van der Waals surface area contributed by atoms with Gasteiger partial charge in [0.2, 0.25) is 5.91 Å². The van der Waals surface area contributed by atoms with E-state index in [-0.39, 0.29) is 18.9 Å². The summed E-state index contributed by atoms with van der Waals surface area (Å²) in [4.78, 5) is 13.2. The number of aliphatic hydroxyl groups excluding tert-OH is 8. The van der Waals surface area contributed by atoms with E-state index in [1.54, 1.807) is 6.08 Å². The van der Waals surface area contributed by atoms with Crippen LogP contribution in [0.15, 0.2) is 182 Å². The third kappa shape index (κ3) is 36.8. The lowest BCUT2D eigenvalue weighted by Crippen LogP contribution is -2.65. The molecular weight excluding hydrogens is 1060 g/mol. The summed E-state index contributed by atoms with van der Waals surface area (Å²) in [6.45, 7) is 2.50. The lowest BCUT2D eigenvalue weighted by atomic mass is 9.97. The van der Waals surface area contributed by atoms with Crippen LogP contribution in [0.3, 0.4) is 0 Å². The molecule has 0 bridgehead atoms. The maximum atomic E-state index is 13.2. The number of rotatable bonds is 46. The summed E-state index contributed by atoms with van der Waals surface area (Å²) < 4.78 is 22.7. The molecule has 0 radical (unpaired) electrons. The van der Waals surface area contributed by atoms with Crippen LogP contribution in [0.25, 0.3) is 0 Å². The Morgan fingerprint density at radius 3 is 1.25 bits per heavy atom. The molecule has 2 rings (SSSR count). The first-order valence-electron chi connectivity index (χ1n) is 31.0. The zero-order chi connectivity index (χ0) is 60.9. The first-order chi connectivity index (χ1) is 41.1. The molecule has 2 heterocycles. The quantitative estimate of drug-likeness (QED) is 0.0204. The van der Waals surface area contributed by atoms with Crippen LogP contribution in [0, 0.1) is 0 Å². The molecule has 12 atom stereocenters. The van der Waals surface area contributed by atoms with Crippen molar-refractivity contribution in [3.05, 3.63) is 182 Å². The highest BCUT2D eigenvalue weighted by molar-refractivity contribution is 5.76. The Morgan fingerprint density at radius 2 is 0.821 bits per heavy atom. The van der Waals surface area contributed by atoms with Crippen LogP contribution in [0.1, 0.15) is 155 Å². The highest BCUT2D eigenvalue weighted by Crippen LogP contribution is 2.30. The standard InChI is InChI=1S/C70H107NO13/c1-3-5-7-9-11-13-15-16-17-18-19-20-21-22-23-24-25-26-27-28-29-30-31-32-33-34-35-36-37-38-39-40-41-42-44-46-48-50-52-54-62(75)71-58(59(74)53-51-49-47-45-43-14-12-10-8-6-4-2)57-81-69-67(80)65(78)68(61(56-73)83-69)84-70-66(79)64(77)63(76)60(55-72)82-70/h5,7-8,10-11,13,16-17,19-20,22-23,25-26,28-29,31-32,34-35,37-38,40-41,43-46,51,53,58-61,63-70,72-74,76-80H,3-4,6,9,12,14-15,18,21,24,27,30,33,36,39,42,47-50,52,54-57H2,1-2H3,(H,71,75)/b7-5-,10-8+,13-11-,17-16-,20-19-,23-22-,26-25-,29-28-,32-31-,35-34-,38-37-,41-40-,45-43+,46-44-,53-51+. The molecule has 470 valence electrons. The van der Waals surface area contributed by atoms with Crippen LogP contribution >= 0.6 is 0 Å². The molecule has 0 aromatic rings. The lowest BCUT2D eigenvalue weighted by molar-refractivity contribution is -0.359. The van der Waals surface area contributed by atoms with Gasteiger partial charge in [-0.3, -0.25) is 4.79 Å². The predicted molar refractivity (Wildman–Crippen MR) is 340 cm³/mol. The fourth-order valence-corrected chi connectivity index (χ4v) is 8.60. The van der Waals surface area contributed by atoms with Crippen LogP contribution in [0.5, 0.6) is 0 Å². The second-order valence-corrected chi connectivity index (χ2v) is 20.7. The molecule has 0 saturated carbocycles. The van der Waals surface area contributed by atoms with Crippen molar-refractivity contribution in [1.29, 1.82) is 0 Å². The van der Waals surface area contributed by atoms with E-state index < -0.39 is 86.8 Å². The molecule has 2 fully saturated rings. The van der Waals surface area contributed by atoms with Crippen molar-refractivity contribution in [2.24, 2.45) is 0 Å². The molecule has 9 N–H and O–H groups in total. The topological polar surface area (TPSA) is 228 Å². The van der Waals surface area contributed by atoms with E-state index in [0.29, 0.717) is 12.8 Å². The number of nitrogens with one attached hydrogen (secondary N) is 1. The molecule has 2 aliphatic heterocycles. The summed E-state index contributed by atoms with van der Waals surface area (Å²) in [7, 11) is 0. The third-order valence-corrected chi connectivity index (χ3v) is 13.5. The molecule has 0 spiro atoms. The number of carbonyl (C=O) groups is 1. The molecule has 0 aliphatic carbocycles. The Kier molecular flexibility index (Phi) is 46.9. The van der Waals surface area contributed by atoms with E-state index in [9.17, 15) is 45.6 Å². The minimum atomic E-state index is -1.81. The van der Waals surface area contributed by atoms with E-state index in [2.05, 4.69) is 189 Å². The van der Waals surface area contributed by atoms with E-state index >= 15 is 0 Å². The number of aliphatic hydroxyl groups is 8. The van der Waals surface area contributed by atoms with E-state index in [1.165, 1.54) is 0 Å². The Hall–Kier alpha value is -4.91. The number of allylic oxidation sites excluding steroid dienone is 29. The summed E-state index contributed by atoms with van der Waals surface area (Å²) in [5.41, 5.74) is 0. The summed E-state index contributed by atoms with van der Waals surface area (Å²) in [5.74, 6) is -0.307. The Bertz CT molecular complexity index is 2110. The van der Waals surface area contributed by atoms with Gasteiger partial charge in [0.15, 0.2) is 12.6 Å². The van der Waals surface area contributed by atoms with Gasteiger partial charge >= 0.3 is 0 Å². The van der Waals surface area contributed by atoms with E-state index in [1.807, 2.05) is 6.08 Å². The molecule has 2 saturated heterocycles. The molecule has 84 heavy (non-hydrogen) atoms. The molecule has 14 nitrogen and oxygen atoms in total. The maximum Gasteiger partial charge on any atom is 0.220 e. The van der Waals surface area contributed by atoms with Crippen molar-refractivity contribution in [2.45, 2.75) is 229 Å². The molecule has 0 aromatic carbocycles. The van der Waals surface area contributed by atoms with Crippen LogP contribution in [0.4, 0.5) is 0 Å². The molecule has 0 aromatic heterocycles. The Balaban J connectivity index is 1.68. The second kappa shape index (κ2) is 52.4. The third-order valence-electron chi connectivity index (χ3n) is 13.5. The SMILES string of the molecule is CC/C=C\C/C=C\C/C=C\C/C=C\C/C=C\C/C=C\C/C=C\C/C=C\C/C=C\C/C=C\C/C=C\C/C=C\CCCCC(=O)NC(COC1OC(CO)C(OC2OC(CO)C(O)C(O)C2O)C(O)C1O)C(O)/C=C/CC/C=C/CC/C=C/CCC. The van der Waals surface area contributed by atoms with Crippen molar-refractivity contribution >= 4 is 5.91 Å². The van der Waals surface area contributed by atoms with Gasteiger partial charge in [-0.05, 0) is 128 Å². The van der Waals surface area contributed by atoms with Gasteiger partial charge in [0.05, 0.1) is 32.0 Å². The summed E-state index contributed by atoms with van der Waals surface area (Å²) in [6.07, 6.45) is 66.8. The predicted octanol–water partition coefficient (Wildman–Crippen LogP) is 11.4. The first kappa shape index (κ1) is 75.2. The van der Waals surface area contributed by atoms with Gasteiger partial charge < -0.3 is 65.1 Å². The fraction of sp³-hybridized carbons (Fsp3) is 0.557. The van der Waals surface area contributed by atoms with Gasteiger partial charge in [-0.2, -0.15) is 0 Å². The van der Waals surface area contributed by atoms with Crippen molar-refractivity contribution in [2.75, 3.05) is 19.8 Å². The number of carbonyl (C=O) groups excluding carboxylic acids is 1. The van der Waals surface area contributed by atoms with Crippen molar-refractivity contribution < 1.29 is 64.6 Å². The summed E-state index contributed by atoms with van der Waals surface area (Å²) in [6, 6.07) is -0.974. The van der Waals surface area contributed by atoms with Gasteiger partial charge in [0.25, 0.3) is 0 Å². The molecule has 12 unspecified atom stereocenters. The van der Waals surface area contributed by atoms with E-state index in [4.69, 9.17) is 18.9 Å². The number of hydrogen-bond acceptors (Lipinski definition) is 13. The second-order valence-electron chi connectivity index (χ2n) is 20.7. The van der Waals surface area contributed by atoms with Gasteiger partial charge in [0, 0.05) is 6.42 Å². The van der Waals surface area contributed by atoms with Crippen LogP contribution in [-0.2, 0) is 23.7 Å².